The zero-order valence-electron chi connectivity index (χ0n) is 12.1. The molecule has 18 heavy (non-hydrogen) atoms. The molecule has 1 rings (SSSR count). The van der Waals surface area contributed by atoms with Crippen molar-refractivity contribution in [1.29, 1.82) is 0 Å². The molecule has 0 spiro atoms. The zero-order valence-corrected chi connectivity index (χ0v) is 12.1. The summed E-state index contributed by atoms with van der Waals surface area (Å²) in [6.07, 6.45) is 0.726. The smallest absolute Gasteiger partial charge is 0.302 e. The van der Waals surface area contributed by atoms with Gasteiger partial charge in [0.1, 0.15) is 6.61 Å². The first-order valence-electron chi connectivity index (χ1n) is 6.87. The normalized spacial score (nSPS) is 36.4. The number of esters is 1. The van der Waals surface area contributed by atoms with E-state index in [9.17, 15) is 4.79 Å². The van der Waals surface area contributed by atoms with Crippen LogP contribution in [0.1, 0.15) is 41.0 Å². The molecule has 0 aromatic heterocycles. The van der Waals surface area contributed by atoms with Gasteiger partial charge in [0.15, 0.2) is 6.29 Å². The molecule has 0 aliphatic carbocycles. The Kier molecular flexibility index (Phi) is 6.09. The molecule has 1 saturated heterocycles. The second kappa shape index (κ2) is 7.10. The third kappa shape index (κ3) is 3.95. The molecule has 0 amide bonds. The fourth-order valence-corrected chi connectivity index (χ4v) is 2.30. The Morgan fingerprint density at radius 1 is 1.17 bits per heavy atom. The minimum Gasteiger partial charge on any atom is -0.463 e. The first kappa shape index (κ1) is 15.4. The van der Waals surface area contributed by atoms with Crippen LogP contribution in [0, 0.1) is 17.8 Å². The minimum atomic E-state index is -0.261. The van der Waals surface area contributed by atoms with Crippen molar-refractivity contribution < 1.29 is 19.0 Å². The van der Waals surface area contributed by atoms with Crippen molar-refractivity contribution in [3.8, 4) is 0 Å². The number of carbonyl (C=O) groups is 1. The summed E-state index contributed by atoms with van der Waals surface area (Å²) >= 11 is 0. The molecule has 1 heterocycles. The third-order valence-corrected chi connectivity index (χ3v) is 3.92. The summed E-state index contributed by atoms with van der Waals surface area (Å²) in [6.45, 7) is 11.0. The second-order valence-electron chi connectivity index (χ2n) is 5.29. The largest absolute Gasteiger partial charge is 0.463 e. The topological polar surface area (TPSA) is 44.8 Å². The summed E-state index contributed by atoms with van der Waals surface area (Å²) < 4.78 is 16.7. The van der Waals surface area contributed by atoms with Gasteiger partial charge in [-0.25, -0.2) is 0 Å². The van der Waals surface area contributed by atoms with Gasteiger partial charge < -0.3 is 14.2 Å². The summed E-state index contributed by atoms with van der Waals surface area (Å²) in [5.41, 5.74) is 0. The molecule has 0 saturated carbocycles. The van der Waals surface area contributed by atoms with Gasteiger partial charge in [0.2, 0.25) is 0 Å². The molecule has 0 aromatic rings. The molecule has 0 radical (unpaired) electrons. The van der Waals surface area contributed by atoms with Gasteiger partial charge in [-0.05, 0) is 18.3 Å². The van der Waals surface area contributed by atoms with Crippen molar-refractivity contribution in [2.45, 2.75) is 53.4 Å². The number of ether oxygens (including phenoxy) is 3. The molecule has 0 aromatic carbocycles. The van der Waals surface area contributed by atoms with E-state index in [4.69, 9.17) is 14.2 Å². The van der Waals surface area contributed by atoms with Gasteiger partial charge in [-0.1, -0.05) is 27.7 Å². The van der Waals surface area contributed by atoms with Crippen LogP contribution in [0.2, 0.25) is 0 Å². The van der Waals surface area contributed by atoms with Crippen molar-refractivity contribution in [3.63, 3.8) is 0 Å². The second-order valence-corrected chi connectivity index (χ2v) is 5.29. The van der Waals surface area contributed by atoms with Gasteiger partial charge in [0.25, 0.3) is 0 Å². The van der Waals surface area contributed by atoms with Crippen molar-refractivity contribution in [2.75, 3.05) is 13.2 Å². The maximum Gasteiger partial charge on any atom is 0.302 e. The summed E-state index contributed by atoms with van der Waals surface area (Å²) in [7, 11) is 0. The van der Waals surface area contributed by atoms with Crippen LogP contribution in [0.25, 0.3) is 0 Å². The van der Waals surface area contributed by atoms with E-state index >= 15 is 0 Å². The SMILES string of the molecule is CCCOC1OC(COC(C)=O)[C@H](C)[C@H](C)[C@@H]1C. The monoisotopic (exact) mass is 258 g/mol. The van der Waals surface area contributed by atoms with Crippen LogP contribution < -0.4 is 0 Å². The van der Waals surface area contributed by atoms with Crippen LogP contribution in [0.4, 0.5) is 0 Å². The Morgan fingerprint density at radius 3 is 2.39 bits per heavy atom. The minimum absolute atomic E-state index is 0.0676. The first-order valence-corrected chi connectivity index (χ1v) is 6.87. The van der Waals surface area contributed by atoms with Crippen LogP contribution in [-0.2, 0) is 19.0 Å². The zero-order chi connectivity index (χ0) is 13.7. The van der Waals surface area contributed by atoms with E-state index in [-0.39, 0.29) is 18.4 Å². The predicted octanol–water partition coefficient (Wildman–Crippen LogP) is 2.61. The maximum atomic E-state index is 10.9. The average molecular weight is 258 g/mol. The summed E-state index contributed by atoms with van der Waals surface area (Å²) in [4.78, 5) is 10.9. The van der Waals surface area contributed by atoms with Gasteiger partial charge in [-0.2, -0.15) is 0 Å². The lowest BCUT2D eigenvalue weighted by atomic mass is 9.79. The lowest BCUT2D eigenvalue weighted by Gasteiger charge is -2.43. The number of hydrogen-bond acceptors (Lipinski definition) is 4. The lowest BCUT2D eigenvalue weighted by Crippen LogP contribution is -2.47. The van der Waals surface area contributed by atoms with E-state index in [1.165, 1.54) is 6.92 Å². The third-order valence-electron chi connectivity index (χ3n) is 3.92. The molecule has 0 N–H and O–H groups in total. The predicted molar refractivity (Wildman–Crippen MR) is 69.0 cm³/mol. The van der Waals surface area contributed by atoms with Crippen molar-refractivity contribution >= 4 is 5.97 Å². The van der Waals surface area contributed by atoms with Crippen LogP contribution in [0.15, 0.2) is 0 Å². The Balaban J connectivity index is 2.58. The molecule has 1 aliphatic rings. The number of rotatable bonds is 5. The number of hydrogen-bond donors (Lipinski definition) is 0. The van der Waals surface area contributed by atoms with E-state index < -0.39 is 0 Å². The molecular formula is C14H26O4. The Bertz CT molecular complexity index is 267. The molecule has 0 bridgehead atoms. The van der Waals surface area contributed by atoms with Gasteiger partial charge >= 0.3 is 5.97 Å². The van der Waals surface area contributed by atoms with E-state index in [2.05, 4.69) is 27.7 Å². The molecular weight excluding hydrogens is 232 g/mol. The highest BCUT2D eigenvalue weighted by Gasteiger charge is 2.39. The van der Waals surface area contributed by atoms with Crippen molar-refractivity contribution in [2.24, 2.45) is 17.8 Å². The van der Waals surface area contributed by atoms with Crippen molar-refractivity contribution in [1.82, 2.24) is 0 Å². The standard InChI is InChI=1S/C14H26O4/c1-6-7-16-14-11(4)9(2)10(3)13(18-14)8-17-12(5)15/h9-11,13-14H,6-8H2,1-5H3/t9-,10+,11-,13?,14?/m0/s1. The molecule has 5 atom stereocenters. The van der Waals surface area contributed by atoms with Crippen LogP contribution in [0.5, 0.6) is 0 Å². The van der Waals surface area contributed by atoms with Crippen LogP contribution in [-0.4, -0.2) is 31.6 Å². The van der Waals surface area contributed by atoms with Gasteiger partial charge in [-0.3, -0.25) is 4.79 Å². The van der Waals surface area contributed by atoms with Gasteiger partial charge in [0.05, 0.1) is 6.10 Å². The molecule has 1 fully saturated rings. The Labute approximate surface area is 110 Å². The van der Waals surface area contributed by atoms with Crippen molar-refractivity contribution in [3.05, 3.63) is 0 Å². The molecule has 1 aliphatic heterocycles. The van der Waals surface area contributed by atoms with E-state index in [1.54, 1.807) is 0 Å². The van der Waals surface area contributed by atoms with Gasteiger partial charge in [0, 0.05) is 19.4 Å². The molecule has 4 heteroatoms. The Morgan fingerprint density at radius 2 is 1.83 bits per heavy atom. The lowest BCUT2D eigenvalue weighted by molar-refractivity contribution is -0.255. The van der Waals surface area contributed by atoms with Crippen LogP contribution >= 0.6 is 0 Å². The maximum absolute atomic E-state index is 10.9. The first-order chi connectivity index (χ1) is 8.47. The van der Waals surface area contributed by atoms with E-state index in [1.807, 2.05) is 0 Å². The summed E-state index contributed by atoms with van der Waals surface area (Å²) in [6, 6.07) is 0. The van der Waals surface area contributed by atoms with Crippen LogP contribution in [0.3, 0.4) is 0 Å². The fourth-order valence-electron chi connectivity index (χ4n) is 2.30. The highest BCUT2D eigenvalue weighted by atomic mass is 16.7. The summed E-state index contributed by atoms with van der Waals surface area (Å²) in [5.74, 6) is 0.949. The number of carbonyl (C=O) groups excluding carboxylic acids is 1. The van der Waals surface area contributed by atoms with E-state index in [0.717, 1.165) is 6.42 Å². The molecule has 2 unspecified atom stereocenters. The summed E-state index contributed by atoms with van der Waals surface area (Å²) in [5, 5.41) is 0. The molecule has 4 nitrogen and oxygen atoms in total. The Hall–Kier alpha value is -0.610. The average Bonchev–Trinajstić information content (AvgIpc) is 2.34. The quantitative estimate of drug-likeness (QED) is 0.711. The fraction of sp³-hybridized carbons (Fsp3) is 0.929. The molecule has 106 valence electrons. The highest BCUT2D eigenvalue weighted by Crippen LogP contribution is 2.35. The van der Waals surface area contributed by atoms with E-state index in [0.29, 0.717) is 31.0 Å². The highest BCUT2D eigenvalue weighted by molar-refractivity contribution is 5.65. The van der Waals surface area contributed by atoms with Gasteiger partial charge in [-0.15, -0.1) is 0 Å².